The van der Waals surface area contributed by atoms with Crippen LogP contribution in [-0.4, -0.2) is 16.0 Å². The number of ether oxygens (including phenoxy) is 1. The van der Waals surface area contributed by atoms with Gasteiger partial charge in [-0.15, -0.1) is 0 Å². The summed E-state index contributed by atoms with van der Waals surface area (Å²) in [5.41, 5.74) is -1.07. The van der Waals surface area contributed by atoms with E-state index in [0.29, 0.717) is 0 Å². The maximum atomic E-state index is 12.9. The van der Waals surface area contributed by atoms with Gasteiger partial charge in [0, 0.05) is 12.1 Å². The number of hydrogen-bond donors (Lipinski definition) is 1. The summed E-state index contributed by atoms with van der Waals surface area (Å²) in [6.07, 6.45) is 0. The van der Waals surface area contributed by atoms with Crippen LogP contribution in [0.5, 0.6) is 11.5 Å². The highest BCUT2D eigenvalue weighted by molar-refractivity contribution is 6.32. The maximum absolute atomic E-state index is 12.9. The normalized spacial score (nSPS) is 10.2. The van der Waals surface area contributed by atoms with Crippen molar-refractivity contribution in [2.24, 2.45) is 0 Å². The third-order valence-electron chi connectivity index (χ3n) is 2.52. The fourth-order valence-corrected chi connectivity index (χ4v) is 1.80. The first-order valence-electron chi connectivity index (χ1n) is 5.53. The lowest BCUT2D eigenvalue weighted by atomic mass is 10.1. The fraction of sp³-hybridized carbons (Fsp3) is 0. The minimum atomic E-state index is -1.46. The van der Waals surface area contributed by atoms with E-state index in [2.05, 4.69) is 0 Å². The number of aromatic carboxylic acids is 1. The van der Waals surface area contributed by atoms with Crippen LogP contribution in [0, 0.1) is 15.9 Å². The van der Waals surface area contributed by atoms with Gasteiger partial charge in [-0.1, -0.05) is 11.6 Å². The van der Waals surface area contributed by atoms with Crippen LogP contribution in [0.3, 0.4) is 0 Å². The third-order valence-corrected chi connectivity index (χ3v) is 2.81. The molecular weight excluding hydrogens is 305 g/mol. The molecule has 0 amide bonds. The zero-order valence-electron chi connectivity index (χ0n) is 10.2. The first kappa shape index (κ1) is 14.7. The topological polar surface area (TPSA) is 89.7 Å². The molecule has 2 rings (SSSR count). The van der Waals surface area contributed by atoms with Crippen LogP contribution >= 0.6 is 11.6 Å². The number of carboxylic acids is 1. The number of hydrogen-bond acceptors (Lipinski definition) is 4. The summed E-state index contributed by atoms with van der Waals surface area (Å²) in [6, 6.07) is 6.64. The summed E-state index contributed by atoms with van der Waals surface area (Å²) >= 11 is 5.77. The Balaban J connectivity index is 2.39. The smallest absolute Gasteiger partial charge is 0.342 e. The molecule has 0 bridgehead atoms. The fourth-order valence-electron chi connectivity index (χ4n) is 1.59. The Hall–Kier alpha value is -2.67. The van der Waals surface area contributed by atoms with E-state index in [4.69, 9.17) is 21.4 Å². The molecule has 108 valence electrons. The summed E-state index contributed by atoms with van der Waals surface area (Å²) in [7, 11) is 0. The Labute approximate surface area is 122 Å². The molecule has 0 spiro atoms. The number of halogens is 2. The van der Waals surface area contributed by atoms with Crippen LogP contribution in [0.1, 0.15) is 10.4 Å². The molecule has 0 heterocycles. The molecule has 2 aromatic carbocycles. The Morgan fingerprint density at radius 3 is 2.57 bits per heavy atom. The monoisotopic (exact) mass is 311 g/mol. The molecule has 0 fully saturated rings. The van der Waals surface area contributed by atoms with Gasteiger partial charge in [0.05, 0.1) is 9.95 Å². The third kappa shape index (κ3) is 3.26. The van der Waals surface area contributed by atoms with Gasteiger partial charge >= 0.3 is 5.97 Å². The average Bonchev–Trinajstić information content (AvgIpc) is 2.41. The number of carboxylic acid groups (broad SMARTS) is 1. The summed E-state index contributed by atoms with van der Waals surface area (Å²) < 4.78 is 18.2. The highest BCUT2D eigenvalue weighted by Crippen LogP contribution is 2.32. The second-order valence-electron chi connectivity index (χ2n) is 3.92. The number of nitro groups is 1. The molecule has 1 N–H and O–H groups in total. The van der Waals surface area contributed by atoms with E-state index in [9.17, 15) is 19.3 Å². The Morgan fingerprint density at radius 2 is 2.00 bits per heavy atom. The van der Waals surface area contributed by atoms with Crippen molar-refractivity contribution in [2.75, 3.05) is 0 Å². The predicted octanol–water partition coefficient (Wildman–Crippen LogP) is 3.88. The molecule has 8 heteroatoms. The van der Waals surface area contributed by atoms with Crippen molar-refractivity contribution in [3.05, 3.63) is 62.9 Å². The zero-order valence-corrected chi connectivity index (χ0v) is 11.0. The standard InChI is InChI=1S/C13H7ClFNO5/c14-10-5-7(15)1-4-12(10)21-8-2-3-11(16(19)20)9(6-8)13(17)18/h1-6H,(H,17,18). The number of benzene rings is 2. The molecule has 6 nitrogen and oxygen atoms in total. The molecule has 0 aliphatic carbocycles. The van der Waals surface area contributed by atoms with Crippen molar-refractivity contribution in [1.82, 2.24) is 0 Å². The highest BCUT2D eigenvalue weighted by atomic mass is 35.5. The van der Waals surface area contributed by atoms with Crippen molar-refractivity contribution >= 4 is 23.3 Å². The van der Waals surface area contributed by atoms with E-state index in [-0.39, 0.29) is 16.5 Å². The second-order valence-corrected chi connectivity index (χ2v) is 4.33. The van der Waals surface area contributed by atoms with E-state index in [1.54, 1.807) is 0 Å². The molecule has 0 atom stereocenters. The molecule has 2 aromatic rings. The van der Waals surface area contributed by atoms with E-state index in [0.717, 1.165) is 24.3 Å². The number of nitrogens with zero attached hydrogens (tertiary/aromatic N) is 1. The van der Waals surface area contributed by atoms with E-state index < -0.39 is 28.0 Å². The second kappa shape index (κ2) is 5.76. The van der Waals surface area contributed by atoms with Crippen molar-refractivity contribution in [3.63, 3.8) is 0 Å². The summed E-state index contributed by atoms with van der Waals surface area (Å²) in [5.74, 6) is -1.88. The molecule has 0 aromatic heterocycles. The van der Waals surface area contributed by atoms with Crippen LogP contribution < -0.4 is 4.74 Å². The first-order valence-corrected chi connectivity index (χ1v) is 5.91. The van der Waals surface area contributed by atoms with Gasteiger partial charge in [-0.2, -0.15) is 0 Å². The molecule has 0 saturated heterocycles. The number of nitro benzene ring substituents is 1. The molecule has 0 aliphatic rings. The predicted molar refractivity (Wildman–Crippen MR) is 71.5 cm³/mol. The van der Waals surface area contributed by atoms with Crippen molar-refractivity contribution in [2.45, 2.75) is 0 Å². The summed E-state index contributed by atoms with van der Waals surface area (Å²) in [4.78, 5) is 20.9. The van der Waals surface area contributed by atoms with Gasteiger partial charge in [-0.3, -0.25) is 10.1 Å². The van der Waals surface area contributed by atoms with Crippen LogP contribution in [0.15, 0.2) is 36.4 Å². The lowest BCUT2D eigenvalue weighted by Gasteiger charge is -2.08. The van der Waals surface area contributed by atoms with Gasteiger partial charge in [0.25, 0.3) is 5.69 Å². The number of rotatable bonds is 4. The van der Waals surface area contributed by atoms with Crippen LogP contribution in [0.2, 0.25) is 5.02 Å². The van der Waals surface area contributed by atoms with E-state index >= 15 is 0 Å². The van der Waals surface area contributed by atoms with Crippen LogP contribution in [-0.2, 0) is 0 Å². The number of carbonyl (C=O) groups is 1. The summed E-state index contributed by atoms with van der Waals surface area (Å²) in [5, 5.41) is 19.7. The van der Waals surface area contributed by atoms with Crippen molar-refractivity contribution in [1.29, 1.82) is 0 Å². The zero-order chi connectivity index (χ0) is 15.6. The van der Waals surface area contributed by atoms with Crippen LogP contribution in [0.4, 0.5) is 10.1 Å². The van der Waals surface area contributed by atoms with Gasteiger partial charge in [-0.25, -0.2) is 9.18 Å². The molecule has 21 heavy (non-hydrogen) atoms. The van der Waals surface area contributed by atoms with E-state index in [1.807, 2.05) is 0 Å². The Morgan fingerprint density at radius 1 is 1.29 bits per heavy atom. The van der Waals surface area contributed by atoms with Crippen molar-refractivity contribution < 1.29 is 24.0 Å². The van der Waals surface area contributed by atoms with E-state index in [1.165, 1.54) is 12.1 Å². The molecule has 0 unspecified atom stereocenters. The highest BCUT2D eigenvalue weighted by Gasteiger charge is 2.20. The molecular formula is C13H7ClFNO5. The maximum Gasteiger partial charge on any atom is 0.342 e. The lowest BCUT2D eigenvalue weighted by Crippen LogP contribution is -2.02. The largest absolute Gasteiger partial charge is 0.477 e. The summed E-state index contributed by atoms with van der Waals surface area (Å²) in [6.45, 7) is 0. The Bertz CT molecular complexity index is 734. The van der Waals surface area contributed by atoms with Gasteiger partial charge in [0.15, 0.2) is 0 Å². The minimum absolute atomic E-state index is 0.00905. The molecule has 0 saturated carbocycles. The minimum Gasteiger partial charge on any atom is -0.477 e. The van der Waals surface area contributed by atoms with Gasteiger partial charge < -0.3 is 9.84 Å². The first-order chi connectivity index (χ1) is 9.88. The van der Waals surface area contributed by atoms with Gasteiger partial charge in [-0.05, 0) is 24.3 Å². The lowest BCUT2D eigenvalue weighted by molar-refractivity contribution is -0.385. The van der Waals surface area contributed by atoms with Gasteiger partial charge in [0.1, 0.15) is 22.9 Å². The van der Waals surface area contributed by atoms with Crippen LogP contribution in [0.25, 0.3) is 0 Å². The molecule has 0 aliphatic heterocycles. The molecule has 0 radical (unpaired) electrons. The SMILES string of the molecule is O=C(O)c1cc(Oc2ccc(F)cc2Cl)ccc1[N+](=O)[O-]. The van der Waals surface area contributed by atoms with Crippen molar-refractivity contribution in [3.8, 4) is 11.5 Å². The average molecular weight is 312 g/mol. The Kier molecular flexibility index (Phi) is 4.04. The van der Waals surface area contributed by atoms with Gasteiger partial charge in [0.2, 0.25) is 0 Å². The quantitative estimate of drug-likeness (QED) is 0.683.